The SMILES string of the molecule is NC(=O)Oc1c(-c2cc(F)ccc2F)ccnc1C1=CCC(F)(F)CC1. The standard InChI is InChI=1S/C18H14F4N2O2/c19-11-1-2-14(20)13(9-11)12-5-8-24-15(16(12)26-17(23)25)10-3-6-18(21,22)7-4-10/h1-3,5,8-9H,4,6-7H2,(H2,23,25). The Kier molecular flexibility index (Phi) is 4.67. The smallest absolute Gasteiger partial charge is 0.407 e. The molecular weight excluding hydrogens is 352 g/mol. The minimum Gasteiger partial charge on any atom is -0.407 e. The summed E-state index contributed by atoms with van der Waals surface area (Å²) in [5.74, 6) is -4.45. The predicted octanol–water partition coefficient (Wildman–Crippen LogP) is 4.69. The third-order valence-electron chi connectivity index (χ3n) is 4.04. The summed E-state index contributed by atoms with van der Waals surface area (Å²) >= 11 is 0. The van der Waals surface area contributed by atoms with E-state index in [0.29, 0.717) is 5.57 Å². The van der Waals surface area contributed by atoms with Gasteiger partial charge in [-0.2, -0.15) is 0 Å². The number of primary amides is 1. The molecule has 4 nitrogen and oxygen atoms in total. The quantitative estimate of drug-likeness (QED) is 0.802. The number of carbonyl (C=O) groups excluding carboxylic acids is 1. The van der Waals surface area contributed by atoms with Crippen molar-refractivity contribution in [1.29, 1.82) is 0 Å². The Hall–Kier alpha value is -2.90. The fourth-order valence-electron chi connectivity index (χ4n) is 2.81. The molecule has 8 heteroatoms. The summed E-state index contributed by atoms with van der Waals surface area (Å²) < 4.78 is 59.5. The second-order valence-corrected chi connectivity index (χ2v) is 5.87. The number of hydrogen-bond acceptors (Lipinski definition) is 3. The summed E-state index contributed by atoms with van der Waals surface area (Å²) in [5.41, 5.74) is 5.49. The molecule has 0 radical (unpaired) electrons. The van der Waals surface area contributed by atoms with Crippen molar-refractivity contribution in [3.8, 4) is 16.9 Å². The fraction of sp³-hybridized carbons (Fsp3) is 0.222. The molecule has 0 fully saturated rings. The first-order valence-corrected chi connectivity index (χ1v) is 7.76. The number of allylic oxidation sites excluding steroid dienone is 2. The van der Waals surface area contributed by atoms with Crippen molar-refractivity contribution in [2.75, 3.05) is 0 Å². The average molecular weight is 366 g/mol. The Balaban J connectivity index is 2.16. The molecule has 1 amide bonds. The molecule has 2 N–H and O–H groups in total. The Bertz CT molecular complexity index is 897. The van der Waals surface area contributed by atoms with E-state index in [0.717, 1.165) is 18.2 Å². The predicted molar refractivity (Wildman–Crippen MR) is 86.6 cm³/mol. The summed E-state index contributed by atoms with van der Waals surface area (Å²) in [4.78, 5) is 15.4. The van der Waals surface area contributed by atoms with E-state index in [-0.39, 0.29) is 29.0 Å². The molecule has 0 spiro atoms. The van der Waals surface area contributed by atoms with Crippen LogP contribution in [0.5, 0.6) is 5.75 Å². The average Bonchev–Trinajstić information content (AvgIpc) is 2.57. The Morgan fingerprint density at radius 2 is 1.96 bits per heavy atom. The first-order chi connectivity index (χ1) is 12.3. The normalized spacial score (nSPS) is 16.1. The molecule has 0 saturated carbocycles. The molecule has 2 aromatic rings. The van der Waals surface area contributed by atoms with Crippen molar-refractivity contribution in [1.82, 2.24) is 4.98 Å². The molecule has 3 rings (SSSR count). The number of amides is 1. The lowest BCUT2D eigenvalue weighted by molar-refractivity contribution is -0.00608. The van der Waals surface area contributed by atoms with Gasteiger partial charge in [0.05, 0.1) is 0 Å². The van der Waals surface area contributed by atoms with Gasteiger partial charge in [-0.1, -0.05) is 6.08 Å². The first-order valence-electron chi connectivity index (χ1n) is 7.76. The summed E-state index contributed by atoms with van der Waals surface area (Å²) in [7, 11) is 0. The fourth-order valence-corrected chi connectivity index (χ4v) is 2.81. The minimum atomic E-state index is -2.82. The summed E-state index contributed by atoms with van der Waals surface area (Å²) in [6, 6.07) is 4.14. The van der Waals surface area contributed by atoms with Gasteiger partial charge in [0.2, 0.25) is 0 Å². The second-order valence-electron chi connectivity index (χ2n) is 5.87. The lowest BCUT2D eigenvalue weighted by Gasteiger charge is -2.22. The second kappa shape index (κ2) is 6.78. The number of alkyl halides is 2. The number of aromatic nitrogens is 1. The molecule has 1 aromatic carbocycles. The number of hydrogen-bond donors (Lipinski definition) is 1. The van der Waals surface area contributed by atoms with Crippen LogP contribution in [0.4, 0.5) is 22.4 Å². The highest BCUT2D eigenvalue weighted by Crippen LogP contribution is 2.42. The maximum atomic E-state index is 14.2. The van der Waals surface area contributed by atoms with Crippen LogP contribution in [-0.2, 0) is 0 Å². The van der Waals surface area contributed by atoms with E-state index in [4.69, 9.17) is 10.5 Å². The van der Waals surface area contributed by atoms with Crippen molar-refractivity contribution in [3.05, 3.63) is 53.9 Å². The third-order valence-corrected chi connectivity index (χ3v) is 4.04. The van der Waals surface area contributed by atoms with Gasteiger partial charge in [-0.3, -0.25) is 4.98 Å². The highest BCUT2D eigenvalue weighted by molar-refractivity contribution is 5.83. The molecule has 1 aliphatic rings. The molecule has 26 heavy (non-hydrogen) atoms. The van der Waals surface area contributed by atoms with Crippen molar-refractivity contribution >= 4 is 11.7 Å². The van der Waals surface area contributed by atoms with Crippen LogP contribution in [0, 0.1) is 11.6 Å². The van der Waals surface area contributed by atoms with Gasteiger partial charge in [-0.15, -0.1) is 0 Å². The zero-order chi connectivity index (χ0) is 18.9. The molecule has 0 saturated heterocycles. The molecule has 0 bridgehead atoms. The maximum Gasteiger partial charge on any atom is 0.410 e. The van der Waals surface area contributed by atoms with Crippen LogP contribution in [0.2, 0.25) is 0 Å². The third kappa shape index (κ3) is 3.68. The number of nitrogens with zero attached hydrogens (tertiary/aromatic N) is 1. The van der Waals surface area contributed by atoms with Crippen LogP contribution in [0.25, 0.3) is 16.7 Å². The van der Waals surface area contributed by atoms with E-state index in [2.05, 4.69) is 4.98 Å². The van der Waals surface area contributed by atoms with Crippen molar-refractivity contribution in [2.24, 2.45) is 5.73 Å². The molecule has 0 atom stereocenters. The minimum absolute atomic E-state index is 0.00971. The molecule has 0 aliphatic heterocycles. The van der Waals surface area contributed by atoms with E-state index in [1.165, 1.54) is 18.3 Å². The molecule has 1 aliphatic carbocycles. The lowest BCUT2D eigenvalue weighted by atomic mass is 9.92. The zero-order valence-electron chi connectivity index (χ0n) is 13.4. The lowest BCUT2D eigenvalue weighted by Crippen LogP contribution is -2.20. The van der Waals surface area contributed by atoms with Gasteiger partial charge in [0.25, 0.3) is 5.92 Å². The van der Waals surface area contributed by atoms with Gasteiger partial charge in [0.15, 0.2) is 5.75 Å². The van der Waals surface area contributed by atoms with Crippen LogP contribution >= 0.6 is 0 Å². The zero-order valence-corrected chi connectivity index (χ0v) is 13.4. The molecule has 1 heterocycles. The number of halogens is 4. The number of nitrogens with two attached hydrogens (primary N) is 1. The monoisotopic (exact) mass is 366 g/mol. The van der Waals surface area contributed by atoms with E-state index in [1.54, 1.807) is 0 Å². The van der Waals surface area contributed by atoms with Crippen LogP contribution in [0.3, 0.4) is 0 Å². The number of ether oxygens (including phenoxy) is 1. The van der Waals surface area contributed by atoms with Gasteiger partial charge in [-0.25, -0.2) is 22.4 Å². The van der Waals surface area contributed by atoms with Crippen molar-refractivity contribution in [3.63, 3.8) is 0 Å². The summed E-state index contributed by atoms with van der Waals surface area (Å²) in [6.07, 6.45) is 0.527. The number of benzene rings is 1. The molecule has 136 valence electrons. The van der Waals surface area contributed by atoms with Crippen LogP contribution in [0.1, 0.15) is 25.0 Å². The van der Waals surface area contributed by atoms with Gasteiger partial charge >= 0.3 is 6.09 Å². The maximum absolute atomic E-state index is 14.2. The molecule has 1 aromatic heterocycles. The first kappa shape index (κ1) is 17.9. The van der Waals surface area contributed by atoms with E-state index >= 15 is 0 Å². The number of pyridine rings is 1. The van der Waals surface area contributed by atoms with Crippen LogP contribution in [0.15, 0.2) is 36.5 Å². The van der Waals surface area contributed by atoms with Crippen molar-refractivity contribution in [2.45, 2.75) is 25.2 Å². The Morgan fingerprint density at radius 1 is 1.19 bits per heavy atom. The highest BCUT2D eigenvalue weighted by atomic mass is 19.3. The molecular formula is C18H14F4N2O2. The van der Waals surface area contributed by atoms with Gasteiger partial charge in [-0.05, 0) is 36.3 Å². The Morgan fingerprint density at radius 3 is 2.62 bits per heavy atom. The van der Waals surface area contributed by atoms with Crippen LogP contribution < -0.4 is 10.5 Å². The van der Waals surface area contributed by atoms with Gasteiger partial charge in [0.1, 0.15) is 17.3 Å². The highest BCUT2D eigenvalue weighted by Gasteiger charge is 2.32. The summed E-state index contributed by atoms with van der Waals surface area (Å²) in [6.45, 7) is 0. The summed E-state index contributed by atoms with van der Waals surface area (Å²) in [5, 5.41) is 0. The van der Waals surface area contributed by atoms with Gasteiger partial charge < -0.3 is 10.5 Å². The van der Waals surface area contributed by atoms with Gasteiger partial charge in [0, 0.05) is 30.2 Å². The molecule has 0 unspecified atom stereocenters. The number of carbonyl (C=O) groups is 1. The van der Waals surface area contributed by atoms with Crippen molar-refractivity contribution < 1.29 is 27.1 Å². The topological polar surface area (TPSA) is 65.2 Å². The number of rotatable bonds is 3. The van der Waals surface area contributed by atoms with E-state index < -0.39 is 36.5 Å². The largest absolute Gasteiger partial charge is 0.410 e. The van der Waals surface area contributed by atoms with Crippen LogP contribution in [-0.4, -0.2) is 17.0 Å². The Labute approximate surface area is 146 Å². The van der Waals surface area contributed by atoms with E-state index in [9.17, 15) is 22.4 Å². The van der Waals surface area contributed by atoms with E-state index in [1.807, 2.05) is 0 Å².